The number of carbonyl (C=O) groups is 1. The van der Waals surface area contributed by atoms with E-state index in [0.717, 1.165) is 27.2 Å². The minimum absolute atomic E-state index is 0.157. The molecular weight excluding hydrogens is 405 g/mol. The van der Waals surface area contributed by atoms with Crippen LogP contribution in [0.25, 0.3) is 0 Å². The number of alkyl halides is 3. The third-order valence-electron chi connectivity index (χ3n) is 3.88. The average Bonchev–Trinajstić information content (AvgIpc) is 2.55. The summed E-state index contributed by atoms with van der Waals surface area (Å²) in [5, 5.41) is 0. The van der Waals surface area contributed by atoms with E-state index >= 15 is 0 Å². The highest BCUT2D eigenvalue weighted by Crippen LogP contribution is 2.31. The van der Waals surface area contributed by atoms with Crippen LogP contribution in [0.15, 0.2) is 33.6 Å². The summed E-state index contributed by atoms with van der Waals surface area (Å²) in [6.07, 6.45) is -2.69. The molecule has 2 rings (SSSR count). The number of rotatable bonds is 5. The first-order valence-corrected chi connectivity index (χ1v) is 9.44. The SMILES string of the molecule is CCCN(Sc1ccc(Br)cc1)C1CCN(C(=O)C(F)(F)F)CC1. The minimum Gasteiger partial charge on any atom is -0.335 e. The Balaban J connectivity index is 1.95. The maximum atomic E-state index is 12.5. The van der Waals surface area contributed by atoms with Gasteiger partial charge in [-0.3, -0.25) is 4.79 Å². The highest BCUT2D eigenvalue weighted by Gasteiger charge is 2.43. The van der Waals surface area contributed by atoms with E-state index in [1.54, 1.807) is 11.9 Å². The van der Waals surface area contributed by atoms with Crippen molar-refractivity contribution in [2.75, 3.05) is 19.6 Å². The Morgan fingerprint density at radius 3 is 2.38 bits per heavy atom. The van der Waals surface area contributed by atoms with Gasteiger partial charge in [0.25, 0.3) is 0 Å². The van der Waals surface area contributed by atoms with Crippen molar-refractivity contribution in [1.29, 1.82) is 0 Å². The van der Waals surface area contributed by atoms with Crippen LogP contribution in [0, 0.1) is 0 Å². The first-order valence-electron chi connectivity index (χ1n) is 7.87. The number of amides is 1. The van der Waals surface area contributed by atoms with Gasteiger partial charge in [-0.15, -0.1) is 0 Å². The Kier molecular flexibility index (Phi) is 7.00. The summed E-state index contributed by atoms with van der Waals surface area (Å²) >= 11 is 5.03. The second-order valence-corrected chi connectivity index (χ2v) is 7.75. The lowest BCUT2D eigenvalue weighted by molar-refractivity contribution is -0.186. The van der Waals surface area contributed by atoms with Crippen LogP contribution in [0.5, 0.6) is 0 Å². The quantitative estimate of drug-likeness (QED) is 0.638. The number of piperidine rings is 1. The molecule has 1 aromatic rings. The van der Waals surface area contributed by atoms with Gasteiger partial charge < -0.3 is 4.90 Å². The molecule has 8 heteroatoms. The summed E-state index contributed by atoms with van der Waals surface area (Å²) in [6, 6.07) is 8.14. The number of hydrogen-bond donors (Lipinski definition) is 0. The van der Waals surface area contributed by atoms with Gasteiger partial charge in [-0.05, 0) is 55.5 Å². The standard InChI is InChI=1S/C16H20BrF3N2OS/c1-2-9-22(24-14-5-3-12(17)4-6-14)13-7-10-21(11-8-13)15(23)16(18,19)20/h3-6,13H,2,7-11H2,1H3. The van der Waals surface area contributed by atoms with Crippen LogP contribution in [0.1, 0.15) is 26.2 Å². The van der Waals surface area contributed by atoms with Crippen LogP contribution in [-0.4, -0.2) is 47.0 Å². The third kappa shape index (κ3) is 5.39. The number of nitrogens with zero attached hydrogens (tertiary/aromatic N) is 2. The van der Waals surface area contributed by atoms with Gasteiger partial charge in [-0.1, -0.05) is 22.9 Å². The lowest BCUT2D eigenvalue weighted by atomic mass is 10.0. The van der Waals surface area contributed by atoms with Gasteiger partial charge in [-0.25, -0.2) is 4.31 Å². The Bertz CT molecular complexity index is 545. The molecule has 1 saturated heterocycles. The first kappa shape index (κ1) is 19.6. The molecule has 0 bridgehead atoms. The van der Waals surface area contributed by atoms with E-state index < -0.39 is 12.1 Å². The molecule has 0 radical (unpaired) electrons. The van der Waals surface area contributed by atoms with Crippen LogP contribution in [0.2, 0.25) is 0 Å². The van der Waals surface area contributed by atoms with Gasteiger partial charge in [0.1, 0.15) is 0 Å². The molecule has 0 aliphatic carbocycles. The molecule has 24 heavy (non-hydrogen) atoms. The van der Waals surface area contributed by atoms with Gasteiger partial charge in [0.2, 0.25) is 0 Å². The summed E-state index contributed by atoms with van der Waals surface area (Å²) in [5.41, 5.74) is 0. The van der Waals surface area contributed by atoms with E-state index in [1.807, 2.05) is 24.3 Å². The molecule has 1 aliphatic rings. The highest BCUT2D eigenvalue weighted by atomic mass is 79.9. The van der Waals surface area contributed by atoms with E-state index in [2.05, 4.69) is 27.2 Å². The smallest absolute Gasteiger partial charge is 0.335 e. The largest absolute Gasteiger partial charge is 0.471 e. The summed E-state index contributed by atoms with van der Waals surface area (Å²) < 4.78 is 40.8. The van der Waals surface area contributed by atoms with E-state index in [4.69, 9.17) is 0 Å². The number of halogens is 4. The van der Waals surface area contributed by atoms with Crippen molar-refractivity contribution in [2.24, 2.45) is 0 Å². The Hall–Kier alpha value is -0.730. The highest BCUT2D eigenvalue weighted by molar-refractivity contribution is 9.10. The van der Waals surface area contributed by atoms with Crippen LogP contribution in [0.3, 0.4) is 0 Å². The van der Waals surface area contributed by atoms with Crippen molar-refractivity contribution in [1.82, 2.24) is 9.21 Å². The summed E-state index contributed by atoms with van der Waals surface area (Å²) in [5.74, 6) is -1.72. The Morgan fingerprint density at radius 1 is 1.29 bits per heavy atom. The average molecular weight is 425 g/mol. The number of benzene rings is 1. The molecule has 0 aromatic heterocycles. The molecular formula is C16H20BrF3N2OS. The zero-order valence-electron chi connectivity index (χ0n) is 13.4. The fourth-order valence-corrected chi connectivity index (χ4v) is 4.12. The lowest BCUT2D eigenvalue weighted by Gasteiger charge is -2.37. The first-order chi connectivity index (χ1) is 11.3. The molecule has 1 heterocycles. The molecule has 3 nitrogen and oxygen atoms in total. The van der Waals surface area contributed by atoms with Crippen molar-refractivity contribution in [3.63, 3.8) is 0 Å². The van der Waals surface area contributed by atoms with Gasteiger partial charge in [0.15, 0.2) is 0 Å². The van der Waals surface area contributed by atoms with Gasteiger partial charge in [0, 0.05) is 35.0 Å². The number of likely N-dealkylation sites (tertiary alicyclic amines) is 1. The molecule has 0 spiro atoms. The zero-order valence-corrected chi connectivity index (χ0v) is 15.8. The number of carbonyl (C=O) groups excluding carboxylic acids is 1. The van der Waals surface area contributed by atoms with Crippen molar-refractivity contribution >= 4 is 33.8 Å². The van der Waals surface area contributed by atoms with Crippen LogP contribution in [-0.2, 0) is 4.79 Å². The van der Waals surface area contributed by atoms with Crippen molar-refractivity contribution < 1.29 is 18.0 Å². The van der Waals surface area contributed by atoms with Crippen LogP contribution in [0.4, 0.5) is 13.2 Å². The summed E-state index contributed by atoms with van der Waals surface area (Å²) in [7, 11) is 0. The molecule has 0 N–H and O–H groups in total. The maximum Gasteiger partial charge on any atom is 0.471 e. The Labute approximate surface area is 152 Å². The van der Waals surface area contributed by atoms with E-state index in [1.165, 1.54) is 0 Å². The fraction of sp³-hybridized carbons (Fsp3) is 0.562. The monoisotopic (exact) mass is 424 g/mol. The predicted molar refractivity (Wildman–Crippen MR) is 92.7 cm³/mol. The molecule has 134 valence electrons. The summed E-state index contributed by atoms with van der Waals surface area (Å²) in [4.78, 5) is 13.3. The number of hydrogen-bond acceptors (Lipinski definition) is 3. The molecule has 0 saturated carbocycles. The topological polar surface area (TPSA) is 23.6 Å². The van der Waals surface area contributed by atoms with Gasteiger partial charge >= 0.3 is 12.1 Å². The second-order valence-electron chi connectivity index (χ2n) is 5.71. The Morgan fingerprint density at radius 2 is 1.88 bits per heavy atom. The lowest BCUT2D eigenvalue weighted by Crippen LogP contribution is -2.49. The van der Waals surface area contributed by atoms with E-state index in [-0.39, 0.29) is 19.1 Å². The molecule has 1 aromatic carbocycles. The van der Waals surface area contributed by atoms with Crippen molar-refractivity contribution in [3.05, 3.63) is 28.7 Å². The van der Waals surface area contributed by atoms with Crippen molar-refractivity contribution in [3.8, 4) is 0 Å². The molecule has 0 atom stereocenters. The predicted octanol–water partition coefficient (Wildman–Crippen LogP) is 4.72. The minimum atomic E-state index is -4.78. The molecule has 1 fully saturated rings. The third-order valence-corrected chi connectivity index (χ3v) is 5.61. The maximum absolute atomic E-state index is 12.5. The zero-order chi connectivity index (χ0) is 17.7. The molecule has 1 aliphatic heterocycles. The van der Waals surface area contributed by atoms with Crippen LogP contribution >= 0.6 is 27.9 Å². The van der Waals surface area contributed by atoms with Crippen LogP contribution < -0.4 is 0 Å². The van der Waals surface area contributed by atoms with E-state index in [9.17, 15) is 18.0 Å². The van der Waals surface area contributed by atoms with Crippen molar-refractivity contribution in [2.45, 2.75) is 43.3 Å². The second kappa shape index (κ2) is 8.58. The summed E-state index contributed by atoms with van der Waals surface area (Å²) in [6.45, 7) is 3.25. The van der Waals surface area contributed by atoms with Gasteiger partial charge in [0.05, 0.1) is 0 Å². The molecule has 1 amide bonds. The molecule has 0 unspecified atom stereocenters. The normalized spacial score (nSPS) is 16.7. The fourth-order valence-electron chi connectivity index (χ4n) is 2.69. The van der Waals surface area contributed by atoms with Gasteiger partial charge in [-0.2, -0.15) is 13.2 Å². The van der Waals surface area contributed by atoms with E-state index in [0.29, 0.717) is 12.8 Å².